The number of hydrogen-bond donors (Lipinski definition) is 1. The first-order chi connectivity index (χ1) is 10.9. The Balaban J connectivity index is 0.00000288. The number of aryl methyl sites for hydroxylation is 1. The summed E-state index contributed by atoms with van der Waals surface area (Å²) in [7, 11) is 5.82. The van der Waals surface area contributed by atoms with Crippen LogP contribution in [0.4, 0.5) is 0 Å². The first-order valence-corrected chi connectivity index (χ1v) is 8.38. The first kappa shape index (κ1) is 21.0. The summed E-state index contributed by atoms with van der Waals surface area (Å²) >= 11 is 3.50. The van der Waals surface area contributed by atoms with Crippen LogP contribution in [0.25, 0.3) is 0 Å². The maximum Gasteiger partial charge on any atom is 0.194 e. The Hall–Kier alpha value is -1.03. The van der Waals surface area contributed by atoms with Gasteiger partial charge >= 0.3 is 0 Å². The number of guanidine groups is 1. The fraction of sp³-hybridized carbons (Fsp3) is 0.500. The largest absolute Gasteiger partial charge is 0.359 e. The van der Waals surface area contributed by atoms with Gasteiger partial charge in [0, 0.05) is 43.6 Å². The molecule has 0 saturated heterocycles. The van der Waals surface area contributed by atoms with Crippen molar-refractivity contribution in [2.75, 3.05) is 14.1 Å². The fourth-order valence-corrected chi connectivity index (χ4v) is 2.85. The summed E-state index contributed by atoms with van der Waals surface area (Å²) in [6, 6.07) is 4.09. The van der Waals surface area contributed by atoms with Crippen molar-refractivity contribution in [3.05, 3.63) is 40.0 Å². The van der Waals surface area contributed by atoms with Crippen LogP contribution in [-0.2, 0) is 20.1 Å². The Morgan fingerprint density at radius 2 is 2.17 bits per heavy atom. The Bertz CT molecular complexity index is 680. The van der Waals surface area contributed by atoms with E-state index in [2.05, 4.69) is 60.8 Å². The highest BCUT2D eigenvalue weighted by atomic mass is 127. The van der Waals surface area contributed by atoms with Gasteiger partial charge in [0.1, 0.15) is 0 Å². The molecule has 2 aromatic heterocycles. The van der Waals surface area contributed by atoms with Gasteiger partial charge in [-0.3, -0.25) is 4.99 Å². The quantitative estimate of drug-likeness (QED) is 0.379. The maximum atomic E-state index is 5.34. The molecule has 24 heavy (non-hydrogen) atoms. The van der Waals surface area contributed by atoms with Gasteiger partial charge < -0.3 is 19.3 Å². The van der Waals surface area contributed by atoms with Crippen LogP contribution < -0.4 is 5.32 Å². The molecule has 0 spiro atoms. The van der Waals surface area contributed by atoms with Gasteiger partial charge in [-0.25, -0.2) is 0 Å². The molecule has 6 nitrogen and oxygen atoms in total. The molecule has 0 aliphatic carbocycles. The van der Waals surface area contributed by atoms with Gasteiger partial charge in [-0.05, 0) is 27.9 Å². The lowest BCUT2D eigenvalue weighted by molar-refractivity contribution is 0.368. The van der Waals surface area contributed by atoms with E-state index in [1.807, 2.05) is 26.4 Å². The van der Waals surface area contributed by atoms with Crippen molar-refractivity contribution in [3.63, 3.8) is 0 Å². The molecule has 2 aromatic rings. The van der Waals surface area contributed by atoms with Crippen LogP contribution >= 0.6 is 39.9 Å². The van der Waals surface area contributed by atoms with Crippen LogP contribution in [0, 0.1) is 0 Å². The van der Waals surface area contributed by atoms with Crippen molar-refractivity contribution in [1.29, 1.82) is 0 Å². The maximum absolute atomic E-state index is 5.34. The van der Waals surface area contributed by atoms with E-state index >= 15 is 0 Å². The van der Waals surface area contributed by atoms with Crippen LogP contribution in [-0.4, -0.2) is 34.7 Å². The first-order valence-electron chi connectivity index (χ1n) is 7.58. The van der Waals surface area contributed by atoms with Crippen LogP contribution in [0.15, 0.2) is 32.3 Å². The van der Waals surface area contributed by atoms with Crippen LogP contribution in [0.3, 0.4) is 0 Å². The molecule has 0 aliphatic rings. The highest BCUT2D eigenvalue weighted by Gasteiger charge is 2.12. The summed E-state index contributed by atoms with van der Waals surface area (Å²) < 4.78 is 8.52. The molecule has 2 rings (SSSR count). The molecule has 2 heterocycles. The van der Waals surface area contributed by atoms with Crippen molar-refractivity contribution < 1.29 is 4.52 Å². The molecule has 0 amide bonds. The van der Waals surface area contributed by atoms with Gasteiger partial charge in [-0.1, -0.05) is 19.0 Å². The highest BCUT2D eigenvalue weighted by Crippen LogP contribution is 2.15. The minimum absolute atomic E-state index is 0. The van der Waals surface area contributed by atoms with E-state index in [-0.39, 0.29) is 24.0 Å². The minimum atomic E-state index is 0. The predicted molar refractivity (Wildman–Crippen MR) is 111 cm³/mol. The molecule has 1 N–H and O–H groups in total. The third-order valence-corrected chi connectivity index (χ3v) is 4.07. The smallest absolute Gasteiger partial charge is 0.194 e. The van der Waals surface area contributed by atoms with Gasteiger partial charge in [-0.15, -0.1) is 24.0 Å². The lowest BCUT2D eigenvalue weighted by atomic mass is 10.1. The zero-order valence-corrected chi connectivity index (χ0v) is 18.6. The molecular weight excluding hydrogens is 485 g/mol. The molecule has 0 radical (unpaired) electrons. The van der Waals surface area contributed by atoms with Gasteiger partial charge in [-0.2, -0.15) is 0 Å². The van der Waals surface area contributed by atoms with Crippen molar-refractivity contribution in [2.24, 2.45) is 12.0 Å². The van der Waals surface area contributed by atoms with Crippen molar-refractivity contribution in [3.8, 4) is 0 Å². The average Bonchev–Trinajstić information content (AvgIpc) is 3.07. The van der Waals surface area contributed by atoms with Crippen molar-refractivity contribution in [2.45, 2.75) is 32.9 Å². The normalized spacial score (nSPS) is 11.5. The third-order valence-electron chi connectivity index (χ3n) is 3.64. The molecule has 0 unspecified atom stereocenters. The van der Waals surface area contributed by atoms with E-state index in [9.17, 15) is 0 Å². The number of nitrogens with zero attached hydrogens (tertiary/aromatic N) is 4. The molecule has 0 bridgehead atoms. The summed E-state index contributed by atoms with van der Waals surface area (Å²) in [6.45, 7) is 5.52. The summed E-state index contributed by atoms with van der Waals surface area (Å²) in [5.41, 5.74) is 2.17. The zero-order chi connectivity index (χ0) is 17.0. The molecule has 0 saturated carbocycles. The van der Waals surface area contributed by atoms with E-state index in [1.54, 1.807) is 7.05 Å². The second-order valence-corrected chi connectivity index (χ2v) is 6.81. The Kier molecular flexibility index (Phi) is 8.28. The summed E-state index contributed by atoms with van der Waals surface area (Å²) in [5.74, 6) is 1.99. The van der Waals surface area contributed by atoms with Gasteiger partial charge in [0.25, 0.3) is 0 Å². The number of aliphatic imine (C=N–C) groups is 1. The molecule has 134 valence electrons. The van der Waals surface area contributed by atoms with Crippen molar-refractivity contribution in [1.82, 2.24) is 19.9 Å². The zero-order valence-electron chi connectivity index (χ0n) is 14.7. The summed E-state index contributed by atoms with van der Waals surface area (Å²) in [5, 5.41) is 7.37. The van der Waals surface area contributed by atoms with Crippen LogP contribution in [0.5, 0.6) is 0 Å². The van der Waals surface area contributed by atoms with E-state index in [0.717, 1.165) is 28.4 Å². The van der Waals surface area contributed by atoms with E-state index < -0.39 is 0 Å². The van der Waals surface area contributed by atoms with E-state index in [0.29, 0.717) is 12.5 Å². The monoisotopic (exact) mass is 509 g/mol. The summed E-state index contributed by atoms with van der Waals surface area (Å²) in [6.07, 6.45) is 2.04. The minimum Gasteiger partial charge on any atom is -0.359 e. The number of hydrogen-bond acceptors (Lipinski definition) is 3. The molecule has 8 heteroatoms. The van der Waals surface area contributed by atoms with Crippen LogP contribution in [0.1, 0.15) is 36.9 Å². The lowest BCUT2D eigenvalue weighted by Gasteiger charge is -2.21. The predicted octanol–water partition coefficient (Wildman–Crippen LogP) is 3.72. The number of nitrogens with one attached hydrogen (secondary N) is 1. The van der Waals surface area contributed by atoms with Gasteiger partial charge in [0.15, 0.2) is 11.7 Å². The van der Waals surface area contributed by atoms with Gasteiger partial charge in [0.05, 0.1) is 18.8 Å². The SMILES string of the molecule is CN=C(NCc1cc(C(C)C)no1)N(C)Cc1cc(Br)cn1C.I. The van der Waals surface area contributed by atoms with Crippen LogP contribution in [0.2, 0.25) is 0 Å². The number of halogens is 2. The third kappa shape index (κ3) is 5.51. The Morgan fingerprint density at radius 3 is 2.67 bits per heavy atom. The standard InChI is InChI=1S/C16H24BrN5O.HI/c1-11(2)15-7-14(23-20-15)8-19-16(18-3)22(5)10-13-6-12(17)9-21(13)4;/h6-7,9,11H,8,10H2,1-5H3,(H,18,19);1H. The summed E-state index contributed by atoms with van der Waals surface area (Å²) in [4.78, 5) is 6.40. The van der Waals surface area contributed by atoms with E-state index in [1.165, 1.54) is 5.69 Å². The Morgan fingerprint density at radius 1 is 1.46 bits per heavy atom. The lowest BCUT2D eigenvalue weighted by Crippen LogP contribution is -2.38. The second-order valence-electron chi connectivity index (χ2n) is 5.89. The molecule has 0 atom stereocenters. The Labute approximate surface area is 168 Å². The molecule has 0 fully saturated rings. The van der Waals surface area contributed by atoms with Gasteiger partial charge in [0.2, 0.25) is 0 Å². The highest BCUT2D eigenvalue weighted by molar-refractivity contribution is 14.0. The molecule has 0 aromatic carbocycles. The topological polar surface area (TPSA) is 58.6 Å². The average molecular weight is 510 g/mol. The fourth-order valence-electron chi connectivity index (χ4n) is 2.28. The van der Waals surface area contributed by atoms with Crippen molar-refractivity contribution >= 4 is 45.9 Å². The number of rotatable bonds is 5. The second kappa shape index (κ2) is 9.45. The van der Waals surface area contributed by atoms with E-state index in [4.69, 9.17) is 4.52 Å². The molecular formula is C16H25BrIN5O. The number of aromatic nitrogens is 2. The molecule has 0 aliphatic heterocycles.